The minimum Gasteiger partial charge on any atom is -0.450 e. The van der Waals surface area contributed by atoms with Crippen LogP contribution in [-0.4, -0.2) is 33.8 Å². The van der Waals surface area contributed by atoms with Gasteiger partial charge in [-0.2, -0.15) is 24.9 Å². The van der Waals surface area contributed by atoms with Gasteiger partial charge in [-0.1, -0.05) is 13.3 Å². The van der Waals surface area contributed by atoms with Crippen LogP contribution in [0.2, 0.25) is 0 Å². The lowest BCUT2D eigenvalue weighted by molar-refractivity contribution is -0.231. The number of alkyl halides is 3. The fourth-order valence-electron chi connectivity index (χ4n) is 2.45. The Balaban J connectivity index is 1.97. The lowest BCUT2D eigenvalue weighted by Gasteiger charge is -2.34. The molecule has 20 heavy (non-hydrogen) atoms. The summed E-state index contributed by atoms with van der Waals surface area (Å²) in [6.45, 7) is 2.29. The molecule has 0 N–H and O–H groups in total. The van der Waals surface area contributed by atoms with Crippen molar-refractivity contribution in [3.05, 3.63) is 0 Å². The van der Waals surface area contributed by atoms with Crippen LogP contribution >= 0.6 is 23.5 Å². The van der Waals surface area contributed by atoms with Crippen molar-refractivity contribution in [1.82, 2.24) is 0 Å². The Morgan fingerprint density at radius 3 is 2.55 bits per heavy atom. The van der Waals surface area contributed by atoms with Gasteiger partial charge in [0.2, 0.25) is 0 Å². The second-order valence-corrected chi connectivity index (χ2v) is 8.17. The molecule has 2 fully saturated rings. The number of hydrogen-bond acceptors (Lipinski definition) is 4. The first-order valence-corrected chi connectivity index (χ1v) is 8.82. The predicted molar refractivity (Wildman–Crippen MR) is 75.8 cm³/mol. The van der Waals surface area contributed by atoms with Crippen molar-refractivity contribution < 1.29 is 22.7 Å². The van der Waals surface area contributed by atoms with Crippen molar-refractivity contribution in [2.45, 2.75) is 61.6 Å². The molecule has 1 aliphatic carbocycles. The Morgan fingerprint density at radius 1 is 1.30 bits per heavy atom. The van der Waals surface area contributed by atoms with Crippen molar-refractivity contribution in [3.8, 4) is 0 Å². The predicted octanol–water partition coefficient (Wildman–Crippen LogP) is 4.24. The molecule has 0 aromatic rings. The van der Waals surface area contributed by atoms with Crippen LogP contribution in [0.15, 0.2) is 0 Å². The zero-order valence-corrected chi connectivity index (χ0v) is 13.2. The summed E-state index contributed by atoms with van der Waals surface area (Å²) in [6.07, 6.45) is -1.47. The van der Waals surface area contributed by atoms with Crippen molar-refractivity contribution in [2.75, 3.05) is 5.75 Å². The number of carbonyl (C=O) groups excluding carboxylic acids is 1. The van der Waals surface area contributed by atoms with E-state index < -0.39 is 23.0 Å². The zero-order valence-electron chi connectivity index (χ0n) is 11.5. The van der Waals surface area contributed by atoms with E-state index in [4.69, 9.17) is 4.74 Å². The smallest absolute Gasteiger partial charge is 0.404 e. The summed E-state index contributed by atoms with van der Waals surface area (Å²) in [5, 5.41) is 1.00. The standard InChI is InChI=1S/C13H19F3O2S2/c1-3-12(2,13(14,15)16)11(17)18-10-7-19-8-5-4-6-9(8)20-10/h8-10H,3-7H2,1-2H3. The van der Waals surface area contributed by atoms with Crippen LogP contribution in [0.4, 0.5) is 13.2 Å². The summed E-state index contributed by atoms with van der Waals surface area (Å²) in [5.74, 6) is -0.545. The monoisotopic (exact) mass is 328 g/mol. The molecule has 1 saturated heterocycles. The maximum atomic E-state index is 13.0. The van der Waals surface area contributed by atoms with E-state index >= 15 is 0 Å². The zero-order chi connectivity index (χ0) is 15.0. The molecule has 4 unspecified atom stereocenters. The van der Waals surface area contributed by atoms with Gasteiger partial charge < -0.3 is 4.74 Å². The highest BCUT2D eigenvalue weighted by Gasteiger charge is 2.57. The summed E-state index contributed by atoms with van der Waals surface area (Å²) < 4.78 is 44.2. The first kappa shape index (κ1) is 16.3. The Morgan fingerprint density at radius 2 is 1.95 bits per heavy atom. The molecule has 2 aliphatic rings. The van der Waals surface area contributed by atoms with E-state index in [1.54, 1.807) is 11.8 Å². The molecular weight excluding hydrogens is 309 g/mol. The van der Waals surface area contributed by atoms with Gasteiger partial charge in [-0.05, 0) is 26.2 Å². The van der Waals surface area contributed by atoms with Gasteiger partial charge in [0.05, 0.1) is 0 Å². The van der Waals surface area contributed by atoms with Gasteiger partial charge in [-0.15, -0.1) is 11.8 Å². The molecule has 0 aromatic carbocycles. The average molecular weight is 328 g/mol. The highest BCUT2D eigenvalue weighted by molar-refractivity contribution is 8.07. The molecule has 0 spiro atoms. The molecule has 1 saturated carbocycles. The molecule has 2 rings (SSSR count). The van der Waals surface area contributed by atoms with E-state index in [-0.39, 0.29) is 6.42 Å². The second-order valence-electron chi connectivity index (χ2n) is 5.50. The maximum Gasteiger partial charge on any atom is 0.404 e. The third kappa shape index (κ3) is 3.08. The largest absolute Gasteiger partial charge is 0.450 e. The van der Waals surface area contributed by atoms with Gasteiger partial charge in [-0.25, -0.2) is 0 Å². The third-order valence-corrected chi connectivity index (χ3v) is 7.54. The van der Waals surface area contributed by atoms with Crippen molar-refractivity contribution in [1.29, 1.82) is 0 Å². The molecule has 116 valence electrons. The lowest BCUT2D eigenvalue weighted by Crippen LogP contribution is -2.45. The summed E-state index contributed by atoms with van der Waals surface area (Å²) in [6, 6.07) is 0. The molecule has 2 nitrogen and oxygen atoms in total. The summed E-state index contributed by atoms with van der Waals surface area (Å²) in [5.41, 5.74) is -2.84. The number of esters is 1. The van der Waals surface area contributed by atoms with Gasteiger partial charge in [0.1, 0.15) is 0 Å². The van der Waals surface area contributed by atoms with E-state index in [1.165, 1.54) is 18.7 Å². The van der Waals surface area contributed by atoms with Crippen LogP contribution in [-0.2, 0) is 9.53 Å². The molecule has 4 atom stereocenters. The number of hydrogen-bond donors (Lipinski definition) is 0. The van der Waals surface area contributed by atoms with E-state index in [2.05, 4.69) is 0 Å². The molecule has 0 aromatic heterocycles. The van der Waals surface area contributed by atoms with E-state index in [9.17, 15) is 18.0 Å². The highest BCUT2D eigenvalue weighted by atomic mass is 32.2. The maximum absolute atomic E-state index is 13.0. The molecule has 1 aliphatic heterocycles. The quantitative estimate of drug-likeness (QED) is 0.724. The summed E-state index contributed by atoms with van der Waals surface area (Å²) >= 11 is 3.27. The molecule has 0 radical (unpaired) electrons. The number of ether oxygens (including phenoxy) is 1. The van der Waals surface area contributed by atoms with Crippen molar-refractivity contribution in [3.63, 3.8) is 0 Å². The summed E-state index contributed by atoms with van der Waals surface area (Å²) in [4.78, 5) is 11.9. The topological polar surface area (TPSA) is 26.3 Å². The first-order valence-electron chi connectivity index (χ1n) is 6.83. The Labute approximate surface area is 125 Å². The van der Waals surface area contributed by atoms with Gasteiger partial charge in [0.25, 0.3) is 0 Å². The Kier molecular flexibility index (Phi) is 4.89. The number of carbonyl (C=O) groups is 1. The van der Waals surface area contributed by atoms with Crippen LogP contribution in [0.5, 0.6) is 0 Å². The Bertz CT molecular complexity index is 375. The second kappa shape index (κ2) is 5.99. The van der Waals surface area contributed by atoms with Gasteiger partial charge in [0, 0.05) is 16.3 Å². The van der Waals surface area contributed by atoms with Gasteiger partial charge in [0.15, 0.2) is 10.9 Å². The van der Waals surface area contributed by atoms with Crippen molar-refractivity contribution in [2.24, 2.45) is 5.41 Å². The highest BCUT2D eigenvalue weighted by Crippen LogP contribution is 2.47. The minimum atomic E-state index is -4.57. The molecule has 7 heteroatoms. The van der Waals surface area contributed by atoms with Gasteiger partial charge >= 0.3 is 12.1 Å². The minimum absolute atomic E-state index is 0.300. The molecule has 0 amide bonds. The average Bonchev–Trinajstić information content (AvgIpc) is 2.83. The SMILES string of the molecule is CCC(C)(C(=O)OC1CSC2CCCC2S1)C(F)(F)F. The van der Waals surface area contributed by atoms with E-state index in [0.717, 1.165) is 26.2 Å². The van der Waals surface area contributed by atoms with Crippen molar-refractivity contribution >= 4 is 29.5 Å². The fourth-order valence-corrected chi connectivity index (χ4v) is 5.73. The van der Waals surface area contributed by atoms with Gasteiger partial charge in [-0.3, -0.25) is 4.79 Å². The first-order chi connectivity index (χ1) is 9.28. The molecule has 0 bridgehead atoms. The molecular formula is C13H19F3O2S2. The number of rotatable bonds is 3. The van der Waals surface area contributed by atoms with Crippen LogP contribution in [0.1, 0.15) is 39.5 Å². The lowest BCUT2D eigenvalue weighted by atomic mass is 9.87. The number of halogens is 3. The van der Waals surface area contributed by atoms with Crippen LogP contribution in [0.3, 0.4) is 0 Å². The summed E-state index contributed by atoms with van der Waals surface area (Å²) in [7, 11) is 0. The van der Waals surface area contributed by atoms with Crippen LogP contribution in [0, 0.1) is 5.41 Å². The number of fused-ring (bicyclic) bond motifs is 1. The third-order valence-electron chi connectivity index (χ3n) is 4.19. The van der Waals surface area contributed by atoms with Crippen LogP contribution in [0.25, 0.3) is 0 Å². The van der Waals surface area contributed by atoms with Crippen LogP contribution < -0.4 is 0 Å². The molecule has 1 heterocycles. The normalized spacial score (nSPS) is 33.4. The van der Waals surface area contributed by atoms with E-state index in [1.807, 2.05) is 0 Å². The fraction of sp³-hybridized carbons (Fsp3) is 0.923. The van der Waals surface area contributed by atoms with E-state index in [0.29, 0.717) is 16.3 Å². The Hall–Kier alpha value is -0.0400. The number of thioether (sulfide) groups is 2.